The third-order valence-electron chi connectivity index (χ3n) is 2.81. The van der Waals surface area contributed by atoms with E-state index in [1.54, 1.807) is 6.33 Å². The molecule has 4 nitrogen and oxygen atoms in total. The monoisotopic (exact) mass is 275 g/mol. The van der Waals surface area contributed by atoms with Gasteiger partial charge in [-0.2, -0.15) is 0 Å². The van der Waals surface area contributed by atoms with Crippen molar-refractivity contribution in [1.82, 2.24) is 14.8 Å². The normalized spacial score (nSPS) is 12.6. The van der Waals surface area contributed by atoms with Crippen molar-refractivity contribution in [2.75, 3.05) is 0 Å². The van der Waals surface area contributed by atoms with Gasteiger partial charge in [0, 0.05) is 11.6 Å². The minimum atomic E-state index is -0.177. The molecule has 100 valence electrons. The second-order valence-electron chi connectivity index (χ2n) is 4.60. The molecule has 1 unspecified atom stereocenters. The van der Waals surface area contributed by atoms with E-state index < -0.39 is 0 Å². The highest BCUT2D eigenvalue weighted by atomic mass is 32.2. The summed E-state index contributed by atoms with van der Waals surface area (Å²) in [4.78, 5) is 12.3. The van der Waals surface area contributed by atoms with Crippen molar-refractivity contribution in [3.05, 3.63) is 42.2 Å². The molecule has 0 spiro atoms. The van der Waals surface area contributed by atoms with Gasteiger partial charge < -0.3 is 4.57 Å². The summed E-state index contributed by atoms with van der Waals surface area (Å²) in [7, 11) is 0. The quantitative estimate of drug-likeness (QED) is 0.621. The first-order chi connectivity index (χ1) is 9.09. The Kier molecular flexibility index (Phi) is 4.37. The Hall–Kier alpha value is -1.62. The van der Waals surface area contributed by atoms with Crippen molar-refractivity contribution in [3.63, 3.8) is 0 Å². The average molecular weight is 275 g/mol. The number of rotatable bonds is 5. The van der Waals surface area contributed by atoms with Gasteiger partial charge in [-0.1, -0.05) is 42.1 Å². The first-order valence-corrected chi connectivity index (χ1v) is 7.13. The Labute approximate surface area is 117 Å². The van der Waals surface area contributed by atoms with E-state index >= 15 is 0 Å². The minimum Gasteiger partial charge on any atom is -0.306 e. The van der Waals surface area contributed by atoms with E-state index in [9.17, 15) is 4.79 Å². The van der Waals surface area contributed by atoms with E-state index in [0.29, 0.717) is 0 Å². The molecule has 0 bridgehead atoms. The second-order valence-corrected chi connectivity index (χ2v) is 5.91. The molecule has 0 radical (unpaired) electrons. The summed E-state index contributed by atoms with van der Waals surface area (Å²) in [6.07, 6.45) is 1.70. The third-order valence-corrected chi connectivity index (χ3v) is 3.88. The standard InChI is InChI=1S/C14H17N3OS/c1-10(2)17-9-15-16-14(17)19-11(3)13(18)12-7-5-4-6-8-12/h4-11H,1-3H3. The lowest BCUT2D eigenvalue weighted by Crippen LogP contribution is -2.14. The third kappa shape index (κ3) is 3.23. The minimum absolute atomic E-state index is 0.115. The zero-order chi connectivity index (χ0) is 13.8. The number of Topliss-reactive ketones (excluding diaryl/α,β-unsaturated/α-hetero) is 1. The lowest BCUT2D eigenvalue weighted by Gasteiger charge is -2.13. The molecule has 2 aromatic rings. The summed E-state index contributed by atoms with van der Waals surface area (Å²) >= 11 is 1.45. The lowest BCUT2D eigenvalue weighted by atomic mass is 10.1. The number of hydrogen-bond acceptors (Lipinski definition) is 4. The van der Waals surface area contributed by atoms with E-state index in [2.05, 4.69) is 24.0 Å². The Morgan fingerprint density at radius 1 is 1.21 bits per heavy atom. The summed E-state index contributed by atoms with van der Waals surface area (Å²) in [5.41, 5.74) is 0.734. The van der Waals surface area contributed by atoms with Crippen molar-refractivity contribution >= 4 is 17.5 Å². The predicted molar refractivity (Wildman–Crippen MR) is 76.5 cm³/mol. The highest BCUT2D eigenvalue weighted by Crippen LogP contribution is 2.25. The molecule has 0 aliphatic rings. The smallest absolute Gasteiger partial charge is 0.191 e. The molecule has 2 rings (SSSR count). The fraction of sp³-hybridized carbons (Fsp3) is 0.357. The predicted octanol–water partition coefficient (Wildman–Crippen LogP) is 3.22. The number of aromatic nitrogens is 3. The van der Waals surface area contributed by atoms with Crippen LogP contribution >= 0.6 is 11.8 Å². The first kappa shape index (κ1) is 13.8. The fourth-order valence-corrected chi connectivity index (χ4v) is 2.75. The van der Waals surface area contributed by atoms with Crippen LogP contribution in [0.25, 0.3) is 0 Å². The van der Waals surface area contributed by atoms with Crippen LogP contribution < -0.4 is 0 Å². The molecule has 1 atom stereocenters. The molecule has 0 amide bonds. The van der Waals surface area contributed by atoms with Crippen molar-refractivity contribution < 1.29 is 4.79 Å². The van der Waals surface area contributed by atoms with Gasteiger partial charge in [0.15, 0.2) is 10.9 Å². The number of hydrogen-bond donors (Lipinski definition) is 0. The number of benzene rings is 1. The van der Waals surface area contributed by atoms with Crippen LogP contribution in [0.4, 0.5) is 0 Å². The van der Waals surface area contributed by atoms with Crippen LogP contribution in [0.1, 0.15) is 37.2 Å². The van der Waals surface area contributed by atoms with Gasteiger partial charge in [-0.05, 0) is 20.8 Å². The highest BCUT2D eigenvalue weighted by molar-refractivity contribution is 8.00. The molecule has 0 fully saturated rings. The van der Waals surface area contributed by atoms with E-state index in [-0.39, 0.29) is 17.1 Å². The van der Waals surface area contributed by atoms with Crippen LogP contribution in [0.15, 0.2) is 41.8 Å². The summed E-state index contributed by atoms with van der Waals surface area (Å²) in [6.45, 7) is 6.04. The van der Waals surface area contributed by atoms with Crippen molar-refractivity contribution in [3.8, 4) is 0 Å². The molecule has 1 aromatic heterocycles. The summed E-state index contributed by atoms with van der Waals surface area (Å²) in [5, 5.41) is 8.59. The molecule has 0 saturated heterocycles. The van der Waals surface area contributed by atoms with Crippen molar-refractivity contribution in [2.24, 2.45) is 0 Å². The summed E-state index contributed by atoms with van der Waals surface area (Å²) in [5.74, 6) is 0.115. The van der Waals surface area contributed by atoms with Crippen LogP contribution in [0.2, 0.25) is 0 Å². The molecular weight excluding hydrogens is 258 g/mol. The van der Waals surface area contributed by atoms with Gasteiger partial charge in [-0.15, -0.1) is 10.2 Å². The van der Waals surface area contributed by atoms with Gasteiger partial charge in [0.25, 0.3) is 0 Å². The molecule has 0 aliphatic heterocycles. The molecule has 0 N–H and O–H groups in total. The Morgan fingerprint density at radius 2 is 1.89 bits per heavy atom. The van der Waals surface area contributed by atoms with Crippen LogP contribution in [0.3, 0.4) is 0 Å². The van der Waals surface area contributed by atoms with Gasteiger partial charge in [0.2, 0.25) is 0 Å². The number of carbonyl (C=O) groups excluding carboxylic acids is 1. The fourth-order valence-electron chi connectivity index (χ4n) is 1.72. The van der Waals surface area contributed by atoms with E-state index in [4.69, 9.17) is 0 Å². The van der Waals surface area contributed by atoms with Gasteiger partial charge >= 0.3 is 0 Å². The number of thioether (sulfide) groups is 1. The van der Waals surface area contributed by atoms with E-state index in [1.165, 1.54) is 11.8 Å². The summed E-state index contributed by atoms with van der Waals surface area (Å²) < 4.78 is 1.97. The molecule has 0 aliphatic carbocycles. The number of ketones is 1. The van der Waals surface area contributed by atoms with Crippen molar-refractivity contribution in [2.45, 2.75) is 37.2 Å². The molecular formula is C14H17N3OS. The molecule has 19 heavy (non-hydrogen) atoms. The Balaban J connectivity index is 2.11. The van der Waals surface area contributed by atoms with Crippen molar-refractivity contribution in [1.29, 1.82) is 0 Å². The first-order valence-electron chi connectivity index (χ1n) is 6.25. The zero-order valence-corrected chi connectivity index (χ0v) is 12.1. The topological polar surface area (TPSA) is 47.8 Å². The largest absolute Gasteiger partial charge is 0.306 e. The molecule has 1 aromatic carbocycles. The molecule has 5 heteroatoms. The van der Waals surface area contributed by atoms with Crippen LogP contribution in [-0.4, -0.2) is 25.8 Å². The zero-order valence-electron chi connectivity index (χ0n) is 11.3. The lowest BCUT2D eigenvalue weighted by molar-refractivity contribution is 0.0994. The maximum atomic E-state index is 12.3. The number of nitrogens with zero attached hydrogens (tertiary/aromatic N) is 3. The second kappa shape index (κ2) is 6.02. The van der Waals surface area contributed by atoms with E-state index in [0.717, 1.165) is 10.7 Å². The van der Waals surface area contributed by atoms with Gasteiger partial charge in [0.05, 0.1) is 5.25 Å². The van der Waals surface area contributed by atoms with Gasteiger partial charge in [-0.3, -0.25) is 4.79 Å². The summed E-state index contributed by atoms with van der Waals surface area (Å²) in [6, 6.07) is 9.63. The van der Waals surface area contributed by atoms with Crippen LogP contribution in [0, 0.1) is 0 Å². The maximum absolute atomic E-state index is 12.3. The average Bonchev–Trinajstić information content (AvgIpc) is 2.87. The Bertz CT molecular complexity index is 551. The van der Waals surface area contributed by atoms with E-state index in [1.807, 2.05) is 41.8 Å². The maximum Gasteiger partial charge on any atom is 0.191 e. The highest BCUT2D eigenvalue weighted by Gasteiger charge is 2.19. The molecule has 1 heterocycles. The van der Waals surface area contributed by atoms with Crippen LogP contribution in [-0.2, 0) is 0 Å². The van der Waals surface area contributed by atoms with Crippen LogP contribution in [0.5, 0.6) is 0 Å². The molecule has 0 saturated carbocycles. The number of carbonyl (C=O) groups is 1. The Morgan fingerprint density at radius 3 is 2.53 bits per heavy atom. The SMILES string of the molecule is CC(Sc1nncn1C(C)C)C(=O)c1ccccc1. The van der Waals surface area contributed by atoms with Gasteiger partial charge in [0.1, 0.15) is 6.33 Å². The van der Waals surface area contributed by atoms with Gasteiger partial charge in [-0.25, -0.2) is 0 Å².